The minimum Gasteiger partial charge on any atom is -0.492 e. The molecular formula is C46H66N8O8. The van der Waals surface area contributed by atoms with Crippen LogP contribution in [0.5, 0.6) is 11.5 Å². The first-order chi connectivity index (χ1) is 29.7. The van der Waals surface area contributed by atoms with E-state index >= 15 is 0 Å². The molecule has 6 rings (SSSR count). The van der Waals surface area contributed by atoms with Crippen molar-refractivity contribution in [2.75, 3.05) is 40.4 Å². The third kappa shape index (κ3) is 9.86. The van der Waals surface area contributed by atoms with E-state index in [-0.39, 0.29) is 59.4 Å². The van der Waals surface area contributed by atoms with Crippen molar-refractivity contribution in [3.05, 3.63) is 47.5 Å². The van der Waals surface area contributed by atoms with E-state index in [1.54, 1.807) is 37.7 Å². The lowest BCUT2D eigenvalue weighted by Gasteiger charge is -2.34. The Morgan fingerprint density at radius 2 is 0.968 bits per heavy atom. The van der Waals surface area contributed by atoms with Crippen molar-refractivity contribution in [1.29, 1.82) is 0 Å². The number of ether oxygens (including phenoxy) is 2. The van der Waals surface area contributed by atoms with Gasteiger partial charge < -0.3 is 51.2 Å². The van der Waals surface area contributed by atoms with Gasteiger partial charge in [0, 0.05) is 48.2 Å². The Morgan fingerprint density at radius 1 is 0.581 bits per heavy atom. The molecule has 4 heterocycles. The van der Waals surface area contributed by atoms with Gasteiger partial charge >= 0.3 is 0 Å². The van der Waals surface area contributed by atoms with Crippen molar-refractivity contribution >= 4 is 35.4 Å². The number of nitrogens with zero attached hydrogens (tertiary/aromatic N) is 2. The summed E-state index contributed by atoms with van der Waals surface area (Å²) in [6, 6.07) is 7.10. The van der Waals surface area contributed by atoms with Gasteiger partial charge in [-0.05, 0) is 65.5 Å². The Labute approximate surface area is 365 Å². The van der Waals surface area contributed by atoms with E-state index in [0.717, 1.165) is 22.3 Å². The highest BCUT2D eigenvalue weighted by atomic mass is 16.5. The Bertz CT molecular complexity index is 1850. The number of likely N-dealkylation sites (tertiary alicyclic amines) is 2. The lowest BCUT2D eigenvalue weighted by Crippen LogP contribution is -2.57. The number of carbonyl (C=O) groups excluding carboxylic acids is 6. The normalized spacial score (nSPS) is 22.6. The van der Waals surface area contributed by atoms with E-state index in [0.29, 0.717) is 76.3 Å². The van der Waals surface area contributed by atoms with E-state index in [1.165, 1.54) is 0 Å². The van der Waals surface area contributed by atoms with Crippen LogP contribution in [0.3, 0.4) is 0 Å². The molecule has 0 aromatic heterocycles. The largest absolute Gasteiger partial charge is 0.492 e. The molecule has 4 aliphatic rings. The zero-order valence-corrected chi connectivity index (χ0v) is 37.5. The summed E-state index contributed by atoms with van der Waals surface area (Å²) in [6.45, 7) is 12.6. The van der Waals surface area contributed by atoms with Crippen LogP contribution in [-0.4, -0.2) is 122 Å². The molecule has 0 bridgehead atoms. The lowest BCUT2D eigenvalue weighted by atomic mass is 9.90. The first kappa shape index (κ1) is 46.3. The van der Waals surface area contributed by atoms with Gasteiger partial charge in [0.1, 0.15) is 35.7 Å². The molecule has 0 unspecified atom stereocenters. The average molecular weight is 859 g/mol. The van der Waals surface area contributed by atoms with E-state index in [4.69, 9.17) is 9.47 Å². The number of fused-ring (bicyclic) bond motifs is 2. The number of hydrogen-bond donors (Lipinski definition) is 6. The molecule has 16 heteroatoms. The number of nitrogens with one attached hydrogen (secondary N) is 6. The van der Waals surface area contributed by atoms with Gasteiger partial charge in [0.05, 0.1) is 37.4 Å². The summed E-state index contributed by atoms with van der Waals surface area (Å²) in [4.78, 5) is 84.6. The second-order valence-electron chi connectivity index (χ2n) is 17.7. The van der Waals surface area contributed by atoms with Crippen molar-refractivity contribution in [3.8, 4) is 22.6 Å². The van der Waals surface area contributed by atoms with Gasteiger partial charge in [0.25, 0.3) is 0 Å². The molecule has 8 atom stereocenters. The third-order valence-electron chi connectivity index (χ3n) is 12.9. The van der Waals surface area contributed by atoms with Gasteiger partial charge in [-0.3, -0.25) is 28.8 Å². The van der Waals surface area contributed by atoms with Gasteiger partial charge in [-0.1, -0.05) is 64.1 Å². The molecule has 0 radical (unpaired) electrons. The number of rotatable bonds is 15. The third-order valence-corrected chi connectivity index (χ3v) is 12.9. The van der Waals surface area contributed by atoms with Crippen molar-refractivity contribution in [2.24, 2.45) is 11.8 Å². The molecule has 338 valence electrons. The maximum Gasteiger partial charge on any atom is 0.246 e. The van der Waals surface area contributed by atoms with Crippen molar-refractivity contribution in [1.82, 2.24) is 41.7 Å². The molecule has 2 saturated heterocycles. The molecule has 6 amide bonds. The summed E-state index contributed by atoms with van der Waals surface area (Å²) >= 11 is 0. The van der Waals surface area contributed by atoms with Crippen LogP contribution in [0.4, 0.5) is 0 Å². The SMILES string of the molecule is CN[C@@H](C)C(=O)N[C@H](C(=O)N1CCC[C@H]1C(=O)N[C@@H]1CCOc2c(-c3cccc4c3OCC[C@H]4NC(=O)[C@@H]3CCCN3C(=O)[C@@H](NC(=O)[C@H](C)NC)C(C)C)cccc21)C(C)C. The summed E-state index contributed by atoms with van der Waals surface area (Å²) in [5.41, 5.74) is 3.20. The maximum atomic E-state index is 14.0. The van der Waals surface area contributed by atoms with Gasteiger partial charge in [0.15, 0.2) is 0 Å². The first-order valence-electron chi connectivity index (χ1n) is 22.3. The lowest BCUT2D eigenvalue weighted by molar-refractivity contribution is -0.142. The van der Waals surface area contributed by atoms with E-state index in [2.05, 4.69) is 31.9 Å². The molecule has 2 aromatic carbocycles. The second-order valence-corrected chi connectivity index (χ2v) is 17.7. The number of amides is 6. The van der Waals surface area contributed by atoms with E-state index in [9.17, 15) is 28.8 Å². The fraction of sp³-hybridized carbons (Fsp3) is 0.609. The number of benzene rings is 2. The number of carbonyl (C=O) groups is 6. The Balaban J connectivity index is 1.17. The standard InChI is InChI=1S/C46H66N8O8/c1-25(2)37(51-41(55)27(5)47-7)45(59)53-21-11-17-35(53)43(57)49-33-19-23-61-39-29(13-9-15-31(33)39)30-14-10-16-32-34(20-24-62-40(30)32)50-44(58)36-18-12-22-54(36)46(60)38(26(3)4)52-42(56)28(6)48-8/h9-10,13-16,25-28,33-38,47-48H,11-12,17-24H2,1-8H3,(H,49,57)(H,50,58)(H,51,55)(H,52,56)/t27-,28-,33+,34+,35-,36-,37-,38-/m0/s1. The Morgan fingerprint density at radius 3 is 1.32 bits per heavy atom. The smallest absolute Gasteiger partial charge is 0.246 e. The second kappa shape index (κ2) is 20.3. The van der Waals surface area contributed by atoms with Crippen LogP contribution in [0.1, 0.15) is 103 Å². The molecule has 6 N–H and O–H groups in total. The topological polar surface area (TPSA) is 200 Å². The number of likely N-dealkylation sites (N-methyl/N-ethyl adjacent to an activating group) is 2. The summed E-state index contributed by atoms with van der Waals surface area (Å²) in [5, 5.41) is 18.1. The Hall–Kier alpha value is -5.22. The predicted octanol–water partition coefficient (Wildman–Crippen LogP) is 2.71. The van der Waals surface area contributed by atoms with Crippen LogP contribution in [0, 0.1) is 11.8 Å². The van der Waals surface area contributed by atoms with Crippen LogP contribution in [-0.2, 0) is 28.8 Å². The first-order valence-corrected chi connectivity index (χ1v) is 22.3. The molecular weight excluding hydrogens is 793 g/mol. The minimum atomic E-state index is -0.762. The number of hydrogen-bond acceptors (Lipinski definition) is 10. The minimum absolute atomic E-state index is 0.176. The summed E-state index contributed by atoms with van der Waals surface area (Å²) in [5.74, 6) is -0.659. The summed E-state index contributed by atoms with van der Waals surface area (Å²) in [6.07, 6.45) is 3.46. The fourth-order valence-electron chi connectivity index (χ4n) is 8.92. The van der Waals surface area contributed by atoms with Crippen LogP contribution in [0.2, 0.25) is 0 Å². The maximum absolute atomic E-state index is 14.0. The van der Waals surface area contributed by atoms with Gasteiger partial charge in [-0.15, -0.1) is 0 Å². The average Bonchev–Trinajstić information content (AvgIpc) is 3.97. The van der Waals surface area contributed by atoms with Crippen molar-refractivity contribution < 1.29 is 38.2 Å². The highest BCUT2D eigenvalue weighted by Gasteiger charge is 2.42. The highest BCUT2D eigenvalue weighted by molar-refractivity contribution is 5.95. The molecule has 0 saturated carbocycles. The van der Waals surface area contributed by atoms with Gasteiger partial charge in [-0.25, -0.2) is 0 Å². The summed E-state index contributed by atoms with van der Waals surface area (Å²) in [7, 11) is 3.37. The summed E-state index contributed by atoms with van der Waals surface area (Å²) < 4.78 is 12.7. The molecule has 2 aromatic rings. The van der Waals surface area contributed by atoms with Gasteiger partial charge in [0.2, 0.25) is 35.4 Å². The van der Waals surface area contributed by atoms with E-state index in [1.807, 2.05) is 64.1 Å². The van der Waals surface area contributed by atoms with E-state index < -0.39 is 36.3 Å². The van der Waals surface area contributed by atoms with Crippen LogP contribution in [0.15, 0.2) is 36.4 Å². The highest BCUT2D eigenvalue weighted by Crippen LogP contribution is 2.46. The van der Waals surface area contributed by atoms with Gasteiger partial charge in [-0.2, -0.15) is 0 Å². The molecule has 4 aliphatic heterocycles. The monoisotopic (exact) mass is 859 g/mol. The predicted molar refractivity (Wildman–Crippen MR) is 234 cm³/mol. The quantitative estimate of drug-likeness (QED) is 0.155. The Kier molecular flexibility index (Phi) is 15.2. The van der Waals surface area contributed by atoms with Crippen LogP contribution < -0.4 is 41.4 Å². The molecule has 2 fully saturated rings. The zero-order valence-electron chi connectivity index (χ0n) is 37.5. The van der Waals surface area contributed by atoms with Crippen LogP contribution in [0.25, 0.3) is 11.1 Å². The fourth-order valence-corrected chi connectivity index (χ4v) is 8.92. The van der Waals surface area contributed by atoms with Crippen molar-refractivity contribution in [3.63, 3.8) is 0 Å². The van der Waals surface area contributed by atoms with Crippen molar-refractivity contribution in [2.45, 2.75) is 128 Å². The molecule has 16 nitrogen and oxygen atoms in total. The van der Waals surface area contributed by atoms with Crippen LogP contribution >= 0.6 is 0 Å². The molecule has 0 spiro atoms. The number of para-hydroxylation sites is 2. The zero-order chi connectivity index (χ0) is 44.8. The molecule has 62 heavy (non-hydrogen) atoms. The molecule has 0 aliphatic carbocycles.